The van der Waals surface area contributed by atoms with Gasteiger partial charge < -0.3 is 29.2 Å². The third-order valence-corrected chi connectivity index (χ3v) is 7.69. The third-order valence-electron chi connectivity index (χ3n) is 7.69. The summed E-state index contributed by atoms with van der Waals surface area (Å²) >= 11 is 0. The first kappa shape index (κ1) is 33.9. The highest BCUT2D eigenvalue weighted by molar-refractivity contribution is 6.01. The summed E-state index contributed by atoms with van der Waals surface area (Å²) in [7, 11) is 0. The van der Waals surface area contributed by atoms with Gasteiger partial charge in [-0.15, -0.1) is 0 Å². The number of esters is 1. The molecule has 9 nitrogen and oxygen atoms in total. The van der Waals surface area contributed by atoms with E-state index >= 15 is 0 Å². The Bertz CT molecular complexity index is 1300. The van der Waals surface area contributed by atoms with E-state index in [1.807, 2.05) is 26.8 Å². The van der Waals surface area contributed by atoms with Crippen molar-refractivity contribution in [2.75, 3.05) is 13.2 Å². The maximum atomic E-state index is 13.2. The Kier molecular flexibility index (Phi) is 12.0. The number of ether oxygens (including phenoxy) is 4. The van der Waals surface area contributed by atoms with Crippen molar-refractivity contribution < 1.29 is 43.5 Å². The van der Waals surface area contributed by atoms with Crippen LogP contribution in [0, 0.1) is 0 Å². The Hall–Kier alpha value is -3.59. The average Bonchev–Trinajstić information content (AvgIpc) is 2.93. The van der Waals surface area contributed by atoms with Crippen LogP contribution in [-0.2, 0) is 22.4 Å². The van der Waals surface area contributed by atoms with E-state index in [-0.39, 0.29) is 23.7 Å². The number of benzene rings is 2. The fourth-order valence-corrected chi connectivity index (χ4v) is 5.40. The zero-order valence-electron chi connectivity index (χ0n) is 26.3. The molecule has 43 heavy (non-hydrogen) atoms. The Morgan fingerprint density at radius 1 is 1.00 bits per heavy atom. The largest absolute Gasteiger partial charge is 0.507 e. The second kappa shape index (κ2) is 15.2. The molecule has 1 aliphatic heterocycles. The van der Waals surface area contributed by atoms with Crippen molar-refractivity contribution in [1.29, 1.82) is 0 Å². The molecule has 0 spiro atoms. The number of fused-ring (bicyclic) bond motifs is 1. The second-order valence-corrected chi connectivity index (χ2v) is 11.5. The molecule has 3 rings (SSSR count). The Labute approximate surface area is 254 Å². The van der Waals surface area contributed by atoms with Gasteiger partial charge in [0.15, 0.2) is 11.6 Å². The normalized spacial score (nSPS) is 17.4. The molecule has 0 bridgehead atoms. The number of hydrogen-bond donors (Lipinski definition) is 2. The number of aliphatic hydroxyl groups is 1. The molecular weight excluding hydrogens is 552 g/mol. The zero-order valence-corrected chi connectivity index (χ0v) is 26.3. The van der Waals surface area contributed by atoms with Crippen molar-refractivity contribution in [1.82, 2.24) is 0 Å². The van der Waals surface area contributed by atoms with Crippen molar-refractivity contribution >= 4 is 17.5 Å². The predicted molar refractivity (Wildman–Crippen MR) is 163 cm³/mol. The van der Waals surface area contributed by atoms with E-state index in [4.69, 9.17) is 18.9 Å². The van der Waals surface area contributed by atoms with Gasteiger partial charge in [0.05, 0.1) is 36.9 Å². The maximum Gasteiger partial charge on any atom is 0.302 e. The minimum atomic E-state index is -0.873. The van der Waals surface area contributed by atoms with Crippen LogP contribution in [0.2, 0.25) is 0 Å². The number of phenols is 1. The molecule has 0 aliphatic carbocycles. The Balaban J connectivity index is 1.67. The van der Waals surface area contributed by atoms with Crippen LogP contribution in [0.4, 0.5) is 0 Å². The van der Waals surface area contributed by atoms with Crippen LogP contribution in [0.1, 0.15) is 112 Å². The number of aromatic hydroxyl groups is 1. The minimum Gasteiger partial charge on any atom is -0.507 e. The van der Waals surface area contributed by atoms with Gasteiger partial charge in [-0.2, -0.15) is 0 Å². The zero-order chi connectivity index (χ0) is 31.7. The summed E-state index contributed by atoms with van der Waals surface area (Å²) in [6.07, 6.45) is 2.80. The molecule has 3 atom stereocenters. The highest BCUT2D eigenvalue weighted by Crippen LogP contribution is 2.42. The molecule has 1 heterocycles. The Morgan fingerprint density at radius 3 is 2.21 bits per heavy atom. The highest BCUT2D eigenvalue weighted by Gasteiger charge is 2.39. The predicted octanol–water partition coefficient (Wildman–Crippen LogP) is 6.16. The van der Waals surface area contributed by atoms with E-state index < -0.39 is 23.8 Å². The van der Waals surface area contributed by atoms with Crippen LogP contribution >= 0.6 is 0 Å². The molecule has 236 valence electrons. The molecule has 9 heteroatoms. The van der Waals surface area contributed by atoms with Crippen LogP contribution in [0.3, 0.4) is 0 Å². The molecule has 2 N–H and O–H groups in total. The molecule has 0 fully saturated rings. The van der Waals surface area contributed by atoms with E-state index in [0.29, 0.717) is 79.3 Å². The van der Waals surface area contributed by atoms with E-state index in [0.717, 1.165) is 18.4 Å². The maximum absolute atomic E-state index is 13.2. The summed E-state index contributed by atoms with van der Waals surface area (Å²) < 4.78 is 23.7. The summed E-state index contributed by atoms with van der Waals surface area (Å²) in [5.74, 6) is 1.05. The number of carbonyl (C=O) groups excluding carboxylic acids is 3. The summed E-state index contributed by atoms with van der Waals surface area (Å²) in [5.41, 5.74) is 1.47. The molecule has 0 amide bonds. The van der Waals surface area contributed by atoms with Gasteiger partial charge >= 0.3 is 5.97 Å². The number of hydrogen-bond acceptors (Lipinski definition) is 9. The second-order valence-electron chi connectivity index (χ2n) is 11.5. The summed E-state index contributed by atoms with van der Waals surface area (Å²) in [4.78, 5) is 36.3. The van der Waals surface area contributed by atoms with Crippen molar-refractivity contribution in [3.63, 3.8) is 0 Å². The van der Waals surface area contributed by atoms with E-state index in [2.05, 4.69) is 0 Å². The van der Waals surface area contributed by atoms with Crippen LogP contribution in [0.5, 0.6) is 23.0 Å². The highest BCUT2D eigenvalue weighted by atomic mass is 16.6. The third kappa shape index (κ3) is 8.72. The lowest BCUT2D eigenvalue weighted by molar-refractivity contribution is -0.151. The number of carbonyl (C=O) groups is 3. The van der Waals surface area contributed by atoms with Crippen molar-refractivity contribution in [2.45, 2.75) is 111 Å². The minimum absolute atomic E-state index is 0.0173. The lowest BCUT2D eigenvalue weighted by Crippen LogP contribution is -2.41. The SMILES string of the molecule is CCCc1c(OCCCOc2ccc3c(c2CCC)OC(C)(CCC(O)C(C)OC(C)=O)CC3=O)ccc(C(C)=O)c1O. The van der Waals surface area contributed by atoms with Crippen molar-refractivity contribution in [3.05, 3.63) is 46.5 Å². The van der Waals surface area contributed by atoms with Crippen molar-refractivity contribution in [2.24, 2.45) is 0 Å². The summed E-state index contributed by atoms with van der Waals surface area (Å²) in [6.45, 7) is 11.0. The number of rotatable bonds is 16. The molecule has 0 radical (unpaired) electrons. The molecule has 2 aromatic carbocycles. The molecule has 3 unspecified atom stereocenters. The van der Waals surface area contributed by atoms with E-state index in [9.17, 15) is 24.6 Å². The van der Waals surface area contributed by atoms with Gasteiger partial charge in [0.2, 0.25) is 0 Å². The van der Waals surface area contributed by atoms with Crippen LogP contribution < -0.4 is 14.2 Å². The summed E-state index contributed by atoms with van der Waals surface area (Å²) in [6, 6.07) is 6.88. The lowest BCUT2D eigenvalue weighted by Gasteiger charge is -2.37. The fraction of sp³-hybridized carbons (Fsp3) is 0.559. The Morgan fingerprint density at radius 2 is 1.60 bits per heavy atom. The van der Waals surface area contributed by atoms with Crippen molar-refractivity contribution in [3.8, 4) is 23.0 Å². The van der Waals surface area contributed by atoms with Gasteiger partial charge in [-0.1, -0.05) is 26.7 Å². The number of phenolic OH excluding ortho intramolecular Hbond substituents is 1. The molecule has 0 saturated carbocycles. The van der Waals surface area contributed by atoms with E-state index in [1.165, 1.54) is 13.8 Å². The van der Waals surface area contributed by atoms with Gasteiger partial charge in [-0.05, 0) is 70.7 Å². The standard InChI is InChI=1S/C34H46O9/c1-7-10-26-30(14-12-24(21(3)35)32(26)39)40-18-9-19-41-31-15-13-25-29(38)20-34(6,43-33(25)27(31)11-8-2)17-16-28(37)22(4)42-23(5)36/h12-15,22,28,37,39H,7-11,16-20H2,1-6H3. The van der Waals surface area contributed by atoms with Gasteiger partial charge in [0, 0.05) is 24.5 Å². The molecule has 2 aromatic rings. The monoisotopic (exact) mass is 598 g/mol. The number of ketones is 2. The molecular formula is C34H46O9. The molecule has 0 saturated heterocycles. The fourth-order valence-electron chi connectivity index (χ4n) is 5.40. The number of aliphatic hydroxyl groups excluding tert-OH is 1. The van der Waals surface area contributed by atoms with Crippen LogP contribution in [0.15, 0.2) is 24.3 Å². The topological polar surface area (TPSA) is 129 Å². The summed E-state index contributed by atoms with van der Waals surface area (Å²) in [5, 5.41) is 21.1. The smallest absolute Gasteiger partial charge is 0.302 e. The average molecular weight is 599 g/mol. The van der Waals surface area contributed by atoms with E-state index in [1.54, 1.807) is 25.1 Å². The first-order chi connectivity index (χ1) is 20.4. The number of Topliss-reactive ketones (excluding diaryl/α,β-unsaturated/α-hetero) is 2. The van der Waals surface area contributed by atoms with Crippen LogP contribution in [0.25, 0.3) is 0 Å². The molecule has 1 aliphatic rings. The van der Waals surface area contributed by atoms with Gasteiger partial charge in [0.1, 0.15) is 34.7 Å². The van der Waals surface area contributed by atoms with Gasteiger partial charge in [-0.25, -0.2) is 0 Å². The van der Waals surface area contributed by atoms with Gasteiger partial charge in [-0.3, -0.25) is 14.4 Å². The van der Waals surface area contributed by atoms with Gasteiger partial charge in [0.25, 0.3) is 0 Å². The molecule has 0 aromatic heterocycles. The first-order valence-corrected chi connectivity index (χ1v) is 15.3. The first-order valence-electron chi connectivity index (χ1n) is 15.3. The lowest BCUT2D eigenvalue weighted by atomic mass is 9.85. The quantitative estimate of drug-likeness (QED) is 0.132. The van der Waals surface area contributed by atoms with Crippen LogP contribution in [-0.4, -0.2) is 58.8 Å².